The summed E-state index contributed by atoms with van der Waals surface area (Å²) >= 11 is 0. The summed E-state index contributed by atoms with van der Waals surface area (Å²) in [5, 5.41) is 0. The van der Waals surface area contributed by atoms with Crippen molar-refractivity contribution in [1.29, 1.82) is 0 Å². The van der Waals surface area contributed by atoms with Crippen LogP contribution in [0.1, 0.15) is 12.8 Å². The Kier molecular flexibility index (Phi) is 5.48. The van der Waals surface area contributed by atoms with Gasteiger partial charge in [0, 0.05) is 6.61 Å². The highest BCUT2D eigenvalue weighted by Crippen LogP contribution is 2.07. The smallest absolute Gasteiger partial charge is 0.318 e. The minimum absolute atomic E-state index is 0.799. The topological polar surface area (TPSA) is 29.5 Å². The Morgan fingerprint density at radius 1 is 0.923 bits per heavy atom. The molecule has 1 aromatic carbocycles. The molecule has 13 heavy (non-hydrogen) atoms. The molecule has 2 rings (SSSR count). The summed E-state index contributed by atoms with van der Waals surface area (Å²) in [5.74, 6) is 0. The Balaban J connectivity index is 0.000000132. The van der Waals surface area contributed by atoms with Crippen molar-refractivity contribution in [2.45, 2.75) is 18.9 Å². The van der Waals surface area contributed by atoms with Crippen LogP contribution in [0.2, 0.25) is 6.04 Å². The van der Waals surface area contributed by atoms with Crippen LogP contribution >= 0.6 is 0 Å². The summed E-state index contributed by atoms with van der Waals surface area (Å²) in [6, 6.07) is 13.0. The lowest BCUT2D eigenvalue weighted by Gasteiger charge is -2.14. The third-order valence-corrected chi connectivity index (χ3v) is 3.34. The van der Waals surface area contributed by atoms with E-state index >= 15 is 0 Å². The monoisotopic (exact) mass is 196 g/mol. The Morgan fingerprint density at radius 2 is 1.46 bits per heavy atom. The largest absolute Gasteiger partial charge is 0.413 e. The third-order valence-electron chi connectivity index (χ3n) is 1.82. The van der Waals surface area contributed by atoms with E-state index in [1.165, 1.54) is 6.42 Å². The van der Waals surface area contributed by atoms with E-state index in [1.807, 2.05) is 36.4 Å². The van der Waals surface area contributed by atoms with Crippen LogP contribution < -0.4 is 0 Å². The van der Waals surface area contributed by atoms with Crippen molar-refractivity contribution < 1.29 is 9.22 Å². The van der Waals surface area contributed by atoms with Gasteiger partial charge in [-0.3, -0.25) is 0 Å². The molecule has 1 aromatic rings. The molecular weight excluding hydrogens is 180 g/mol. The Morgan fingerprint density at radius 3 is 1.69 bits per heavy atom. The number of rotatable bonds is 0. The highest BCUT2D eigenvalue weighted by Gasteiger charge is 2.11. The van der Waals surface area contributed by atoms with Crippen molar-refractivity contribution in [1.82, 2.24) is 0 Å². The van der Waals surface area contributed by atoms with Crippen LogP contribution in [-0.2, 0) is 4.43 Å². The molecule has 0 bridgehead atoms. The summed E-state index contributed by atoms with van der Waals surface area (Å²) in [6.07, 6.45) is 2.32. The van der Waals surface area contributed by atoms with Gasteiger partial charge in [-0.05, 0) is 18.9 Å². The SMILES string of the molecule is O[SiH]1CCCCO1.c1ccccc1. The van der Waals surface area contributed by atoms with Gasteiger partial charge in [0.15, 0.2) is 0 Å². The Bertz CT molecular complexity index is 171. The molecule has 0 saturated carbocycles. The average molecular weight is 196 g/mol. The summed E-state index contributed by atoms with van der Waals surface area (Å²) < 4.78 is 4.97. The molecular formula is C10H16O2Si. The molecule has 1 fully saturated rings. The average Bonchev–Trinajstić information content (AvgIpc) is 2.22. The van der Waals surface area contributed by atoms with Crippen LogP contribution in [0, 0.1) is 0 Å². The van der Waals surface area contributed by atoms with Crippen LogP contribution in [0.4, 0.5) is 0 Å². The molecule has 1 atom stereocenters. The zero-order chi connectivity index (χ0) is 9.36. The molecule has 0 radical (unpaired) electrons. The first kappa shape index (κ1) is 10.4. The molecule has 1 unspecified atom stereocenters. The summed E-state index contributed by atoms with van der Waals surface area (Å²) in [6.45, 7) is 0.799. The van der Waals surface area contributed by atoms with Gasteiger partial charge in [0.1, 0.15) is 0 Å². The van der Waals surface area contributed by atoms with Crippen LogP contribution in [0.25, 0.3) is 0 Å². The summed E-state index contributed by atoms with van der Waals surface area (Å²) in [7, 11) is -1.59. The third kappa shape index (κ3) is 5.57. The van der Waals surface area contributed by atoms with E-state index in [9.17, 15) is 0 Å². The molecule has 0 aliphatic carbocycles. The first-order chi connectivity index (χ1) is 6.39. The molecule has 0 spiro atoms. The molecule has 1 saturated heterocycles. The Hall–Kier alpha value is -0.643. The van der Waals surface area contributed by atoms with E-state index < -0.39 is 9.28 Å². The van der Waals surface area contributed by atoms with Gasteiger partial charge in [-0.2, -0.15) is 0 Å². The number of hydrogen-bond donors (Lipinski definition) is 1. The number of hydrogen-bond acceptors (Lipinski definition) is 2. The van der Waals surface area contributed by atoms with E-state index in [1.54, 1.807) is 0 Å². The lowest BCUT2D eigenvalue weighted by molar-refractivity contribution is 0.231. The van der Waals surface area contributed by atoms with Gasteiger partial charge in [0.25, 0.3) is 0 Å². The molecule has 1 heterocycles. The first-order valence-corrected chi connectivity index (χ1v) is 6.50. The lowest BCUT2D eigenvalue weighted by Crippen LogP contribution is -2.22. The van der Waals surface area contributed by atoms with Crippen molar-refractivity contribution >= 4 is 9.28 Å². The summed E-state index contributed by atoms with van der Waals surface area (Å²) in [5.41, 5.74) is 0. The predicted octanol–water partition coefficient (Wildman–Crippen LogP) is 1.70. The maximum Gasteiger partial charge on any atom is 0.318 e. The maximum atomic E-state index is 8.83. The fourth-order valence-electron chi connectivity index (χ4n) is 1.11. The molecule has 2 nitrogen and oxygen atoms in total. The predicted molar refractivity (Wildman–Crippen MR) is 55.8 cm³/mol. The minimum atomic E-state index is -1.59. The minimum Gasteiger partial charge on any atom is -0.413 e. The molecule has 3 heteroatoms. The fraction of sp³-hybridized carbons (Fsp3) is 0.400. The van der Waals surface area contributed by atoms with Gasteiger partial charge in [-0.15, -0.1) is 0 Å². The van der Waals surface area contributed by atoms with Gasteiger partial charge >= 0.3 is 9.28 Å². The van der Waals surface area contributed by atoms with Crippen molar-refractivity contribution in [2.75, 3.05) is 6.61 Å². The lowest BCUT2D eigenvalue weighted by atomic mass is 10.4. The second-order valence-corrected chi connectivity index (χ2v) is 4.80. The van der Waals surface area contributed by atoms with Crippen molar-refractivity contribution in [2.24, 2.45) is 0 Å². The highest BCUT2D eigenvalue weighted by atomic mass is 28.3. The molecule has 1 N–H and O–H groups in total. The fourth-order valence-corrected chi connectivity index (χ4v) is 2.35. The van der Waals surface area contributed by atoms with Crippen LogP contribution in [0.15, 0.2) is 36.4 Å². The standard InChI is InChI=1S/C6H6.C4H10O2Si/c1-2-4-6-5-3-1;5-7-4-2-1-3-6-7/h1-6H;5,7H,1-4H2. The van der Waals surface area contributed by atoms with E-state index in [2.05, 4.69) is 0 Å². The Labute approximate surface area is 81.0 Å². The van der Waals surface area contributed by atoms with Crippen LogP contribution in [0.5, 0.6) is 0 Å². The summed E-state index contributed by atoms with van der Waals surface area (Å²) in [4.78, 5) is 8.83. The van der Waals surface area contributed by atoms with E-state index in [0.29, 0.717) is 0 Å². The van der Waals surface area contributed by atoms with Crippen LogP contribution in [0.3, 0.4) is 0 Å². The molecule has 72 valence electrons. The molecule has 1 aliphatic heterocycles. The second kappa shape index (κ2) is 6.83. The van der Waals surface area contributed by atoms with E-state index in [-0.39, 0.29) is 0 Å². The second-order valence-electron chi connectivity index (χ2n) is 2.98. The van der Waals surface area contributed by atoms with Gasteiger partial charge in [0.05, 0.1) is 0 Å². The van der Waals surface area contributed by atoms with Gasteiger partial charge in [0.2, 0.25) is 0 Å². The van der Waals surface area contributed by atoms with Crippen LogP contribution in [-0.4, -0.2) is 20.7 Å². The zero-order valence-electron chi connectivity index (χ0n) is 7.73. The van der Waals surface area contributed by atoms with Crippen molar-refractivity contribution in [3.8, 4) is 0 Å². The first-order valence-electron chi connectivity index (χ1n) is 4.69. The molecule has 0 aromatic heterocycles. The van der Waals surface area contributed by atoms with Gasteiger partial charge in [-0.25, -0.2) is 0 Å². The normalized spacial score (nSPS) is 21.5. The van der Waals surface area contributed by atoms with E-state index in [4.69, 9.17) is 9.22 Å². The molecule has 1 aliphatic rings. The van der Waals surface area contributed by atoms with Gasteiger partial charge in [-0.1, -0.05) is 36.4 Å². The quantitative estimate of drug-likeness (QED) is 0.640. The number of benzene rings is 1. The van der Waals surface area contributed by atoms with Crippen molar-refractivity contribution in [3.63, 3.8) is 0 Å². The van der Waals surface area contributed by atoms with Gasteiger partial charge < -0.3 is 9.22 Å². The maximum absolute atomic E-state index is 8.83. The highest BCUT2D eigenvalue weighted by molar-refractivity contribution is 6.42. The van der Waals surface area contributed by atoms with Crippen molar-refractivity contribution in [3.05, 3.63) is 36.4 Å². The zero-order valence-corrected chi connectivity index (χ0v) is 8.88. The molecule has 0 amide bonds. The van der Waals surface area contributed by atoms with E-state index in [0.717, 1.165) is 19.1 Å².